The zero-order valence-electron chi connectivity index (χ0n) is 15.0. The van der Waals surface area contributed by atoms with E-state index in [0.29, 0.717) is 23.7 Å². The van der Waals surface area contributed by atoms with Gasteiger partial charge in [-0.2, -0.15) is 5.10 Å². The molecular formula is C20H18N4O3S. The Labute approximate surface area is 166 Å². The summed E-state index contributed by atoms with van der Waals surface area (Å²) in [7, 11) is 0. The van der Waals surface area contributed by atoms with Crippen LogP contribution in [0.2, 0.25) is 0 Å². The smallest absolute Gasteiger partial charge is 0.270 e. The molecule has 0 radical (unpaired) electrons. The van der Waals surface area contributed by atoms with E-state index in [1.165, 1.54) is 30.1 Å². The molecule has 2 aromatic rings. The number of amides is 1. The number of nitro groups is 1. The quantitative estimate of drug-likeness (QED) is 0.310. The standard InChI is InChI=1S/C20H18N4O3S/c1-2-11-23-19(25)18(13-15-7-4-3-5-8-15)28-20(23)22-21-14-16-9-6-10-17(12-16)24(26)27/h2-10,12,14,18H,1,11,13H2. The molecule has 0 aliphatic carbocycles. The van der Waals surface area contributed by atoms with Crippen molar-refractivity contribution in [3.8, 4) is 0 Å². The lowest BCUT2D eigenvalue weighted by Crippen LogP contribution is -2.32. The molecule has 1 amide bonds. The molecule has 28 heavy (non-hydrogen) atoms. The number of hydrogen-bond donors (Lipinski definition) is 0. The summed E-state index contributed by atoms with van der Waals surface area (Å²) in [5, 5.41) is 19.3. The maximum atomic E-state index is 12.7. The van der Waals surface area contributed by atoms with E-state index in [1.54, 1.807) is 23.1 Å². The first-order valence-corrected chi connectivity index (χ1v) is 9.45. The van der Waals surface area contributed by atoms with Gasteiger partial charge in [0.25, 0.3) is 5.69 Å². The van der Waals surface area contributed by atoms with Crippen LogP contribution in [0.4, 0.5) is 5.69 Å². The highest BCUT2D eigenvalue weighted by atomic mass is 32.2. The third kappa shape index (κ3) is 4.72. The summed E-state index contributed by atoms with van der Waals surface area (Å²) in [5.74, 6) is -0.0296. The van der Waals surface area contributed by atoms with Crippen LogP contribution in [-0.2, 0) is 11.2 Å². The number of nitro benzene ring substituents is 1. The van der Waals surface area contributed by atoms with Crippen molar-refractivity contribution in [1.29, 1.82) is 0 Å². The number of benzene rings is 2. The third-order valence-corrected chi connectivity index (χ3v) is 5.19. The average molecular weight is 394 g/mol. The molecule has 1 unspecified atom stereocenters. The fourth-order valence-electron chi connectivity index (χ4n) is 2.70. The average Bonchev–Trinajstić information content (AvgIpc) is 2.98. The second kappa shape index (κ2) is 9.09. The van der Waals surface area contributed by atoms with Crippen molar-refractivity contribution < 1.29 is 9.72 Å². The van der Waals surface area contributed by atoms with Crippen molar-refractivity contribution in [2.75, 3.05) is 6.54 Å². The monoisotopic (exact) mass is 394 g/mol. The van der Waals surface area contributed by atoms with Crippen LogP contribution in [-0.4, -0.2) is 38.9 Å². The normalized spacial score (nSPS) is 18.1. The van der Waals surface area contributed by atoms with Gasteiger partial charge < -0.3 is 0 Å². The highest BCUT2D eigenvalue weighted by Crippen LogP contribution is 2.30. The van der Waals surface area contributed by atoms with E-state index in [-0.39, 0.29) is 16.8 Å². The van der Waals surface area contributed by atoms with E-state index in [9.17, 15) is 14.9 Å². The molecule has 1 heterocycles. The highest BCUT2D eigenvalue weighted by molar-refractivity contribution is 8.15. The molecule has 0 bridgehead atoms. The van der Waals surface area contributed by atoms with Gasteiger partial charge in [0.15, 0.2) is 5.17 Å². The van der Waals surface area contributed by atoms with Crippen LogP contribution in [0.5, 0.6) is 0 Å². The maximum Gasteiger partial charge on any atom is 0.270 e. The van der Waals surface area contributed by atoms with Crippen LogP contribution in [0.15, 0.2) is 77.5 Å². The Bertz CT molecular complexity index is 943. The zero-order valence-corrected chi connectivity index (χ0v) is 15.8. The van der Waals surface area contributed by atoms with E-state index in [1.807, 2.05) is 30.3 Å². The number of thioether (sulfide) groups is 1. The Morgan fingerprint density at radius 1 is 1.21 bits per heavy atom. The van der Waals surface area contributed by atoms with Gasteiger partial charge in [0, 0.05) is 24.2 Å². The molecular weight excluding hydrogens is 376 g/mol. The first-order valence-electron chi connectivity index (χ1n) is 8.57. The van der Waals surface area contributed by atoms with Crippen molar-refractivity contribution in [1.82, 2.24) is 4.90 Å². The molecule has 1 aliphatic rings. The van der Waals surface area contributed by atoms with Crippen molar-refractivity contribution in [2.24, 2.45) is 10.2 Å². The number of carbonyl (C=O) groups excluding carboxylic acids is 1. The second-order valence-corrected chi connectivity index (χ2v) is 7.18. The maximum absolute atomic E-state index is 12.7. The number of carbonyl (C=O) groups is 1. The molecule has 0 aromatic heterocycles. The lowest BCUT2D eigenvalue weighted by Gasteiger charge is -2.12. The Morgan fingerprint density at radius 2 is 2.00 bits per heavy atom. The van der Waals surface area contributed by atoms with E-state index in [2.05, 4.69) is 16.8 Å². The van der Waals surface area contributed by atoms with Crippen molar-refractivity contribution in [2.45, 2.75) is 11.7 Å². The molecule has 0 saturated carbocycles. The third-order valence-electron chi connectivity index (χ3n) is 4.03. The topological polar surface area (TPSA) is 88.2 Å². The minimum atomic E-state index is -0.464. The largest absolute Gasteiger partial charge is 0.285 e. The van der Waals surface area contributed by atoms with Gasteiger partial charge in [-0.25, -0.2) is 0 Å². The number of hydrogen-bond acceptors (Lipinski definition) is 6. The Morgan fingerprint density at radius 3 is 2.71 bits per heavy atom. The highest BCUT2D eigenvalue weighted by Gasteiger charge is 2.37. The van der Waals surface area contributed by atoms with Gasteiger partial charge in [-0.1, -0.05) is 60.3 Å². The predicted octanol–water partition coefficient (Wildman–Crippen LogP) is 3.66. The van der Waals surface area contributed by atoms with Crippen LogP contribution in [0, 0.1) is 10.1 Å². The number of non-ortho nitro benzene ring substituents is 1. The van der Waals surface area contributed by atoms with E-state index in [4.69, 9.17) is 0 Å². The van der Waals surface area contributed by atoms with Crippen LogP contribution in [0.25, 0.3) is 0 Å². The first kappa shape index (κ1) is 19.5. The SMILES string of the molecule is C=CCN1C(=O)C(Cc2ccccc2)SC1=NN=Cc1cccc([N+](=O)[O-])c1. The molecule has 8 heteroatoms. The Hall–Kier alpha value is -3.26. The zero-order chi connectivity index (χ0) is 19.9. The summed E-state index contributed by atoms with van der Waals surface area (Å²) in [5.41, 5.74) is 1.62. The van der Waals surface area contributed by atoms with Gasteiger partial charge in [-0.3, -0.25) is 19.8 Å². The van der Waals surface area contributed by atoms with E-state index >= 15 is 0 Å². The van der Waals surface area contributed by atoms with Gasteiger partial charge >= 0.3 is 0 Å². The van der Waals surface area contributed by atoms with Gasteiger partial charge in [0.2, 0.25) is 5.91 Å². The number of rotatable bonds is 7. The Balaban J connectivity index is 1.76. The first-order chi connectivity index (χ1) is 13.6. The fraction of sp³-hybridized carbons (Fsp3) is 0.150. The van der Waals surface area contributed by atoms with Crippen molar-refractivity contribution in [3.05, 3.63) is 88.5 Å². The van der Waals surface area contributed by atoms with Crippen molar-refractivity contribution in [3.63, 3.8) is 0 Å². The summed E-state index contributed by atoms with van der Waals surface area (Å²) < 4.78 is 0. The molecule has 0 N–H and O–H groups in total. The summed E-state index contributed by atoms with van der Waals surface area (Å²) in [6, 6.07) is 15.9. The molecule has 1 atom stereocenters. The lowest BCUT2D eigenvalue weighted by atomic mass is 10.1. The second-order valence-electron chi connectivity index (χ2n) is 6.01. The molecule has 3 rings (SSSR count). The van der Waals surface area contributed by atoms with Crippen LogP contribution >= 0.6 is 11.8 Å². The minimum Gasteiger partial charge on any atom is -0.285 e. The summed E-state index contributed by atoms with van der Waals surface area (Å²) in [6.45, 7) is 4.05. The summed E-state index contributed by atoms with van der Waals surface area (Å²) in [4.78, 5) is 24.7. The Kier molecular flexibility index (Phi) is 6.33. The van der Waals surface area contributed by atoms with Crippen LogP contribution < -0.4 is 0 Å². The molecule has 7 nitrogen and oxygen atoms in total. The molecule has 0 spiro atoms. The van der Waals surface area contributed by atoms with E-state index < -0.39 is 4.92 Å². The minimum absolute atomic E-state index is 0.0155. The summed E-state index contributed by atoms with van der Waals surface area (Å²) in [6.07, 6.45) is 3.68. The fourth-order valence-corrected chi connectivity index (χ4v) is 3.85. The van der Waals surface area contributed by atoms with Gasteiger partial charge in [-0.15, -0.1) is 11.7 Å². The van der Waals surface area contributed by atoms with Crippen LogP contribution in [0.3, 0.4) is 0 Å². The molecule has 1 aliphatic heterocycles. The molecule has 1 fully saturated rings. The van der Waals surface area contributed by atoms with Crippen LogP contribution in [0.1, 0.15) is 11.1 Å². The number of amidine groups is 1. The molecule has 1 saturated heterocycles. The van der Waals surface area contributed by atoms with Gasteiger partial charge in [0.1, 0.15) is 0 Å². The lowest BCUT2D eigenvalue weighted by molar-refractivity contribution is -0.384. The van der Waals surface area contributed by atoms with Gasteiger partial charge in [0.05, 0.1) is 16.4 Å². The molecule has 2 aromatic carbocycles. The van der Waals surface area contributed by atoms with Gasteiger partial charge in [-0.05, 0) is 12.0 Å². The van der Waals surface area contributed by atoms with Crippen molar-refractivity contribution >= 4 is 34.7 Å². The van der Waals surface area contributed by atoms with E-state index in [0.717, 1.165) is 5.56 Å². The predicted molar refractivity (Wildman–Crippen MR) is 112 cm³/mol. The molecule has 142 valence electrons. The number of nitrogens with zero attached hydrogens (tertiary/aromatic N) is 4. The summed E-state index contributed by atoms with van der Waals surface area (Å²) >= 11 is 1.36.